The van der Waals surface area contributed by atoms with E-state index in [4.69, 9.17) is 22.7 Å². The maximum atomic E-state index is 14.4. The van der Waals surface area contributed by atoms with E-state index >= 15 is 0 Å². The highest BCUT2D eigenvalue weighted by Crippen LogP contribution is 2.38. The lowest BCUT2D eigenvalue weighted by Gasteiger charge is -2.32. The fourth-order valence-corrected chi connectivity index (χ4v) is 2.68. The summed E-state index contributed by atoms with van der Waals surface area (Å²) >= 11 is 4.73. The van der Waals surface area contributed by atoms with Gasteiger partial charge in [-0.1, -0.05) is 12.2 Å². The standard InChI is InChI=1S/C15H20F2N2OS/c1-9(10-3-4-10)19(7-8-20-2)12-6-5-11(15(18)21)13(16)14(12)17/h5-6,9-10H,3-4,7-8H2,1-2H3,(H2,18,21). The van der Waals surface area contributed by atoms with Crippen LogP contribution in [-0.2, 0) is 4.74 Å². The van der Waals surface area contributed by atoms with Gasteiger partial charge in [-0.2, -0.15) is 0 Å². The van der Waals surface area contributed by atoms with Crippen molar-refractivity contribution in [1.82, 2.24) is 0 Å². The highest BCUT2D eigenvalue weighted by Gasteiger charge is 2.33. The van der Waals surface area contributed by atoms with Gasteiger partial charge in [-0.25, -0.2) is 8.78 Å². The second kappa shape index (κ2) is 6.66. The Morgan fingerprint density at radius 1 is 1.43 bits per heavy atom. The molecule has 0 amide bonds. The van der Waals surface area contributed by atoms with Crippen molar-refractivity contribution in [2.45, 2.75) is 25.8 Å². The number of thiocarbonyl (C=S) groups is 1. The van der Waals surface area contributed by atoms with E-state index in [-0.39, 0.29) is 22.3 Å². The maximum absolute atomic E-state index is 14.4. The van der Waals surface area contributed by atoms with Crippen molar-refractivity contribution >= 4 is 22.9 Å². The average molecular weight is 314 g/mol. The van der Waals surface area contributed by atoms with Crippen molar-refractivity contribution in [3.05, 3.63) is 29.3 Å². The van der Waals surface area contributed by atoms with Crippen LogP contribution in [0.5, 0.6) is 0 Å². The molecule has 0 radical (unpaired) electrons. The molecule has 1 aliphatic carbocycles. The number of benzene rings is 1. The van der Waals surface area contributed by atoms with Crippen LogP contribution in [0, 0.1) is 17.6 Å². The van der Waals surface area contributed by atoms with Gasteiger partial charge in [-0.15, -0.1) is 0 Å². The third-order valence-electron chi connectivity index (χ3n) is 3.97. The van der Waals surface area contributed by atoms with Crippen LogP contribution in [0.25, 0.3) is 0 Å². The molecule has 1 atom stereocenters. The third-order valence-corrected chi connectivity index (χ3v) is 4.19. The number of nitrogens with zero attached hydrogens (tertiary/aromatic N) is 1. The minimum Gasteiger partial charge on any atom is -0.389 e. The van der Waals surface area contributed by atoms with Crippen LogP contribution < -0.4 is 10.6 Å². The van der Waals surface area contributed by atoms with Crippen molar-refractivity contribution in [2.75, 3.05) is 25.2 Å². The predicted octanol–water partition coefficient (Wildman–Crippen LogP) is 2.85. The summed E-state index contributed by atoms with van der Waals surface area (Å²) in [6.07, 6.45) is 2.25. The zero-order chi connectivity index (χ0) is 15.6. The Balaban J connectivity index is 2.34. The Bertz CT molecular complexity index is 535. The zero-order valence-electron chi connectivity index (χ0n) is 12.2. The van der Waals surface area contributed by atoms with E-state index in [1.165, 1.54) is 6.07 Å². The predicted molar refractivity (Wildman–Crippen MR) is 83.7 cm³/mol. The summed E-state index contributed by atoms with van der Waals surface area (Å²) in [4.78, 5) is 1.72. The van der Waals surface area contributed by atoms with Gasteiger partial charge in [0.15, 0.2) is 11.6 Å². The summed E-state index contributed by atoms with van der Waals surface area (Å²) in [5.74, 6) is -1.35. The first-order chi connectivity index (χ1) is 9.97. The number of hydrogen-bond donors (Lipinski definition) is 1. The van der Waals surface area contributed by atoms with Crippen LogP contribution in [0.4, 0.5) is 14.5 Å². The largest absolute Gasteiger partial charge is 0.389 e. The summed E-state index contributed by atoms with van der Waals surface area (Å²) in [6, 6.07) is 3.13. The molecular formula is C15H20F2N2OS. The van der Waals surface area contributed by atoms with Crippen molar-refractivity contribution in [3.8, 4) is 0 Å². The molecule has 0 aromatic heterocycles. The first-order valence-corrected chi connectivity index (χ1v) is 7.41. The van der Waals surface area contributed by atoms with E-state index in [2.05, 4.69) is 0 Å². The van der Waals surface area contributed by atoms with Gasteiger partial charge in [0, 0.05) is 25.3 Å². The summed E-state index contributed by atoms with van der Waals surface area (Å²) in [5, 5.41) is 0. The SMILES string of the molecule is COCCN(c1ccc(C(N)=S)c(F)c1F)C(C)C1CC1. The molecule has 0 spiro atoms. The minimum atomic E-state index is -0.981. The number of anilines is 1. The molecule has 1 aliphatic rings. The first-order valence-electron chi connectivity index (χ1n) is 7.00. The molecule has 21 heavy (non-hydrogen) atoms. The zero-order valence-corrected chi connectivity index (χ0v) is 13.1. The first kappa shape index (κ1) is 16.1. The van der Waals surface area contributed by atoms with Crippen molar-refractivity contribution in [2.24, 2.45) is 11.7 Å². The highest BCUT2D eigenvalue weighted by molar-refractivity contribution is 7.80. The van der Waals surface area contributed by atoms with E-state index in [1.807, 2.05) is 11.8 Å². The molecule has 2 rings (SSSR count). The topological polar surface area (TPSA) is 38.5 Å². The second-order valence-electron chi connectivity index (χ2n) is 5.39. The van der Waals surface area contributed by atoms with Gasteiger partial charge in [-0.05, 0) is 37.8 Å². The molecule has 116 valence electrons. The monoisotopic (exact) mass is 314 g/mol. The van der Waals surface area contributed by atoms with Crippen LogP contribution in [0.1, 0.15) is 25.3 Å². The van der Waals surface area contributed by atoms with E-state index in [0.717, 1.165) is 12.8 Å². The van der Waals surface area contributed by atoms with Gasteiger partial charge in [-0.3, -0.25) is 0 Å². The van der Waals surface area contributed by atoms with Gasteiger partial charge >= 0.3 is 0 Å². The Hall–Kier alpha value is -1.27. The number of nitrogens with two attached hydrogens (primary N) is 1. The van der Waals surface area contributed by atoms with Gasteiger partial charge in [0.25, 0.3) is 0 Å². The van der Waals surface area contributed by atoms with E-state index in [0.29, 0.717) is 19.1 Å². The summed E-state index contributed by atoms with van der Waals surface area (Å²) in [7, 11) is 1.59. The van der Waals surface area contributed by atoms with E-state index < -0.39 is 11.6 Å². The Kier molecular flexibility index (Phi) is 5.11. The fraction of sp³-hybridized carbons (Fsp3) is 0.533. The highest BCUT2D eigenvalue weighted by atomic mass is 32.1. The molecule has 1 fully saturated rings. The Morgan fingerprint density at radius 3 is 2.62 bits per heavy atom. The molecule has 1 unspecified atom stereocenters. The van der Waals surface area contributed by atoms with Crippen molar-refractivity contribution in [3.63, 3.8) is 0 Å². The van der Waals surface area contributed by atoms with Crippen LogP contribution in [0.2, 0.25) is 0 Å². The number of hydrogen-bond acceptors (Lipinski definition) is 3. The molecule has 1 saturated carbocycles. The van der Waals surface area contributed by atoms with Gasteiger partial charge in [0.05, 0.1) is 12.3 Å². The lowest BCUT2D eigenvalue weighted by molar-refractivity contribution is 0.202. The molecular weight excluding hydrogens is 294 g/mol. The number of ether oxygens (including phenoxy) is 1. The fourth-order valence-electron chi connectivity index (χ4n) is 2.52. The molecule has 3 nitrogen and oxygen atoms in total. The third kappa shape index (κ3) is 3.49. The van der Waals surface area contributed by atoms with E-state index in [1.54, 1.807) is 13.2 Å². The Morgan fingerprint density at radius 2 is 2.10 bits per heavy atom. The minimum absolute atomic E-state index is 0.0583. The van der Waals surface area contributed by atoms with Crippen molar-refractivity contribution in [1.29, 1.82) is 0 Å². The number of halogens is 2. The molecule has 6 heteroatoms. The molecule has 1 aromatic carbocycles. The lowest BCUT2D eigenvalue weighted by Crippen LogP contribution is -2.38. The van der Waals surface area contributed by atoms with Gasteiger partial charge in [0.1, 0.15) is 4.99 Å². The summed E-state index contributed by atoms with van der Waals surface area (Å²) < 4.78 is 33.5. The van der Waals surface area contributed by atoms with Crippen LogP contribution in [0.15, 0.2) is 12.1 Å². The van der Waals surface area contributed by atoms with Gasteiger partial charge < -0.3 is 15.4 Å². The molecule has 0 bridgehead atoms. The number of rotatable bonds is 7. The normalized spacial score (nSPS) is 15.8. The maximum Gasteiger partial charge on any atom is 0.182 e. The number of methoxy groups -OCH3 is 1. The molecule has 2 N–H and O–H groups in total. The lowest BCUT2D eigenvalue weighted by atomic mass is 10.1. The van der Waals surface area contributed by atoms with Gasteiger partial charge in [0.2, 0.25) is 0 Å². The summed E-state index contributed by atoms with van der Waals surface area (Å²) in [5.41, 5.74) is 5.58. The smallest absolute Gasteiger partial charge is 0.182 e. The Labute approximate surface area is 129 Å². The molecule has 1 aromatic rings. The molecule has 0 saturated heterocycles. The van der Waals surface area contributed by atoms with Crippen molar-refractivity contribution < 1.29 is 13.5 Å². The van der Waals surface area contributed by atoms with Crippen LogP contribution in [0.3, 0.4) is 0 Å². The quantitative estimate of drug-likeness (QED) is 0.786. The summed E-state index contributed by atoms with van der Waals surface area (Å²) in [6.45, 7) is 3.00. The molecule has 0 aliphatic heterocycles. The second-order valence-corrected chi connectivity index (χ2v) is 5.83. The van der Waals surface area contributed by atoms with Crippen LogP contribution in [-0.4, -0.2) is 31.3 Å². The molecule has 0 heterocycles. The average Bonchev–Trinajstić information content (AvgIpc) is 3.27. The van der Waals surface area contributed by atoms with Crippen LogP contribution >= 0.6 is 12.2 Å². The van der Waals surface area contributed by atoms with E-state index in [9.17, 15) is 8.78 Å².